The Balaban J connectivity index is 2.68. The third kappa shape index (κ3) is 1.35. The zero-order chi connectivity index (χ0) is 12.9. The van der Waals surface area contributed by atoms with Gasteiger partial charge in [-0.15, -0.1) is 0 Å². The number of methoxy groups -OCH3 is 1. The second-order valence-electron chi connectivity index (χ2n) is 4.32. The fourth-order valence-corrected chi connectivity index (χ4v) is 2.30. The highest BCUT2D eigenvalue weighted by molar-refractivity contribution is 6.07. The van der Waals surface area contributed by atoms with Gasteiger partial charge in [0.1, 0.15) is 11.3 Å². The molecule has 0 N–H and O–H groups in total. The summed E-state index contributed by atoms with van der Waals surface area (Å²) in [6.45, 7) is 3.78. The molecule has 0 spiro atoms. The molecular formula is C14H12O4. The number of furan rings is 1. The standard InChI is InChI=1S/C14H12O4/c1-7-4-11(15)18-14-12(7)9(16-3)5-10-13(14)8(2)6-17-10/h4-6H,1-3H3. The summed E-state index contributed by atoms with van der Waals surface area (Å²) < 4.78 is 16.1. The molecule has 2 heterocycles. The zero-order valence-corrected chi connectivity index (χ0v) is 10.4. The molecule has 1 aromatic carbocycles. The predicted molar refractivity (Wildman–Crippen MR) is 68.3 cm³/mol. The SMILES string of the molecule is COc1cc2occ(C)c2c2oc(=O)cc(C)c12. The van der Waals surface area contributed by atoms with Gasteiger partial charge in [-0.25, -0.2) is 4.79 Å². The Labute approximate surface area is 103 Å². The van der Waals surface area contributed by atoms with E-state index < -0.39 is 0 Å². The Hall–Kier alpha value is -2.23. The van der Waals surface area contributed by atoms with E-state index in [1.807, 2.05) is 19.9 Å². The van der Waals surface area contributed by atoms with Crippen LogP contribution in [0.25, 0.3) is 21.9 Å². The van der Waals surface area contributed by atoms with Crippen molar-refractivity contribution in [3.8, 4) is 5.75 Å². The van der Waals surface area contributed by atoms with Crippen molar-refractivity contribution in [3.63, 3.8) is 0 Å². The second kappa shape index (κ2) is 3.63. The van der Waals surface area contributed by atoms with Crippen LogP contribution in [-0.2, 0) is 0 Å². The van der Waals surface area contributed by atoms with Gasteiger partial charge in [0.25, 0.3) is 0 Å². The van der Waals surface area contributed by atoms with Crippen LogP contribution in [0, 0.1) is 13.8 Å². The van der Waals surface area contributed by atoms with Gasteiger partial charge in [0, 0.05) is 12.1 Å². The molecule has 0 atom stereocenters. The van der Waals surface area contributed by atoms with Gasteiger partial charge in [0.05, 0.1) is 24.1 Å². The number of rotatable bonds is 1. The summed E-state index contributed by atoms with van der Waals surface area (Å²) in [5.74, 6) is 0.646. The highest BCUT2D eigenvalue weighted by Crippen LogP contribution is 2.36. The topological polar surface area (TPSA) is 52.6 Å². The first kappa shape index (κ1) is 10.9. The van der Waals surface area contributed by atoms with Crippen molar-refractivity contribution in [1.82, 2.24) is 0 Å². The van der Waals surface area contributed by atoms with Crippen LogP contribution in [0.4, 0.5) is 0 Å². The van der Waals surface area contributed by atoms with Crippen molar-refractivity contribution in [1.29, 1.82) is 0 Å². The van der Waals surface area contributed by atoms with Crippen LogP contribution in [-0.4, -0.2) is 7.11 Å². The van der Waals surface area contributed by atoms with Crippen molar-refractivity contribution in [2.75, 3.05) is 7.11 Å². The molecule has 0 fully saturated rings. The molecule has 0 aliphatic heterocycles. The van der Waals surface area contributed by atoms with Crippen LogP contribution in [0.3, 0.4) is 0 Å². The van der Waals surface area contributed by atoms with Crippen LogP contribution in [0.2, 0.25) is 0 Å². The lowest BCUT2D eigenvalue weighted by atomic mass is 10.1. The summed E-state index contributed by atoms with van der Waals surface area (Å²) in [5, 5.41) is 1.64. The van der Waals surface area contributed by atoms with E-state index in [0.29, 0.717) is 16.9 Å². The van der Waals surface area contributed by atoms with Gasteiger partial charge in [0.2, 0.25) is 0 Å². The Kier molecular flexibility index (Phi) is 2.20. The van der Waals surface area contributed by atoms with E-state index in [4.69, 9.17) is 13.6 Å². The van der Waals surface area contributed by atoms with Gasteiger partial charge in [-0.05, 0) is 25.0 Å². The molecule has 4 nitrogen and oxygen atoms in total. The Morgan fingerprint density at radius 2 is 1.89 bits per heavy atom. The van der Waals surface area contributed by atoms with Crippen LogP contribution in [0.5, 0.6) is 5.75 Å². The van der Waals surface area contributed by atoms with Crippen LogP contribution in [0.1, 0.15) is 11.1 Å². The maximum absolute atomic E-state index is 11.5. The van der Waals surface area contributed by atoms with E-state index in [1.165, 1.54) is 6.07 Å². The molecule has 0 aliphatic carbocycles. The minimum absolute atomic E-state index is 0.366. The van der Waals surface area contributed by atoms with Gasteiger partial charge in [0.15, 0.2) is 5.58 Å². The molecule has 0 saturated carbocycles. The maximum Gasteiger partial charge on any atom is 0.336 e. The molecule has 0 aliphatic rings. The molecule has 2 aromatic heterocycles. The molecule has 92 valence electrons. The predicted octanol–water partition coefficient (Wildman–Crippen LogP) is 3.16. The van der Waals surface area contributed by atoms with Gasteiger partial charge < -0.3 is 13.6 Å². The van der Waals surface area contributed by atoms with Gasteiger partial charge in [-0.1, -0.05) is 0 Å². The molecule has 18 heavy (non-hydrogen) atoms. The van der Waals surface area contributed by atoms with E-state index in [2.05, 4.69) is 0 Å². The number of hydrogen-bond acceptors (Lipinski definition) is 4. The zero-order valence-electron chi connectivity index (χ0n) is 10.4. The minimum atomic E-state index is -0.366. The molecule has 0 amide bonds. The first-order chi connectivity index (χ1) is 8.61. The lowest BCUT2D eigenvalue weighted by molar-refractivity contribution is 0.418. The Morgan fingerprint density at radius 3 is 2.61 bits per heavy atom. The average molecular weight is 244 g/mol. The number of fused-ring (bicyclic) bond motifs is 3. The molecular weight excluding hydrogens is 232 g/mol. The molecule has 0 unspecified atom stereocenters. The lowest BCUT2D eigenvalue weighted by Gasteiger charge is -2.07. The summed E-state index contributed by atoms with van der Waals surface area (Å²) in [4.78, 5) is 11.5. The average Bonchev–Trinajstić information content (AvgIpc) is 2.69. The molecule has 3 aromatic rings. The van der Waals surface area contributed by atoms with Crippen molar-refractivity contribution >= 4 is 21.9 Å². The minimum Gasteiger partial charge on any atom is -0.496 e. The first-order valence-corrected chi connectivity index (χ1v) is 5.61. The molecule has 0 bridgehead atoms. The summed E-state index contributed by atoms with van der Waals surface area (Å²) in [5.41, 5.74) is 2.59. The fraction of sp³-hybridized carbons (Fsp3) is 0.214. The van der Waals surface area contributed by atoms with E-state index in [9.17, 15) is 4.79 Å². The summed E-state index contributed by atoms with van der Waals surface area (Å²) in [6, 6.07) is 3.28. The quantitative estimate of drug-likeness (QED) is 0.617. The normalized spacial score (nSPS) is 11.3. The van der Waals surface area contributed by atoms with E-state index in [0.717, 1.165) is 21.9 Å². The van der Waals surface area contributed by atoms with Crippen LogP contribution in [0.15, 0.2) is 32.0 Å². The molecule has 3 rings (SSSR count). The highest BCUT2D eigenvalue weighted by Gasteiger charge is 2.16. The summed E-state index contributed by atoms with van der Waals surface area (Å²) >= 11 is 0. The second-order valence-corrected chi connectivity index (χ2v) is 4.32. The molecule has 0 saturated heterocycles. The number of hydrogen-bond donors (Lipinski definition) is 0. The van der Waals surface area contributed by atoms with Crippen molar-refractivity contribution in [2.24, 2.45) is 0 Å². The third-order valence-corrected chi connectivity index (χ3v) is 3.12. The van der Waals surface area contributed by atoms with E-state index in [1.54, 1.807) is 13.4 Å². The Morgan fingerprint density at radius 1 is 1.11 bits per heavy atom. The van der Waals surface area contributed by atoms with Gasteiger partial charge in [-0.2, -0.15) is 0 Å². The first-order valence-electron chi connectivity index (χ1n) is 5.61. The number of ether oxygens (including phenoxy) is 1. The van der Waals surface area contributed by atoms with Gasteiger partial charge in [-0.3, -0.25) is 0 Å². The highest BCUT2D eigenvalue weighted by atomic mass is 16.5. The van der Waals surface area contributed by atoms with Gasteiger partial charge >= 0.3 is 5.63 Å². The monoisotopic (exact) mass is 244 g/mol. The van der Waals surface area contributed by atoms with E-state index >= 15 is 0 Å². The van der Waals surface area contributed by atoms with E-state index in [-0.39, 0.29) is 5.63 Å². The van der Waals surface area contributed by atoms with Crippen LogP contribution >= 0.6 is 0 Å². The summed E-state index contributed by atoms with van der Waals surface area (Å²) in [7, 11) is 1.58. The number of benzene rings is 1. The fourth-order valence-electron chi connectivity index (χ4n) is 2.30. The Bertz CT molecular complexity index is 808. The molecule has 4 heteroatoms. The smallest absolute Gasteiger partial charge is 0.336 e. The molecule has 0 radical (unpaired) electrons. The van der Waals surface area contributed by atoms with Crippen LogP contribution < -0.4 is 10.4 Å². The lowest BCUT2D eigenvalue weighted by Crippen LogP contribution is -1.99. The largest absolute Gasteiger partial charge is 0.496 e. The van der Waals surface area contributed by atoms with Crippen molar-refractivity contribution < 1.29 is 13.6 Å². The number of aryl methyl sites for hydroxylation is 2. The van der Waals surface area contributed by atoms with Crippen molar-refractivity contribution in [3.05, 3.63) is 39.9 Å². The van der Waals surface area contributed by atoms with Crippen molar-refractivity contribution in [2.45, 2.75) is 13.8 Å². The summed E-state index contributed by atoms with van der Waals surface area (Å²) in [6.07, 6.45) is 1.64. The third-order valence-electron chi connectivity index (χ3n) is 3.12. The maximum atomic E-state index is 11.5.